The van der Waals surface area contributed by atoms with Crippen LogP contribution in [0, 0.1) is 0 Å². The van der Waals surface area contributed by atoms with Gasteiger partial charge in [0.2, 0.25) is 0 Å². The molecule has 0 saturated heterocycles. The van der Waals surface area contributed by atoms with Crippen molar-refractivity contribution in [3.63, 3.8) is 0 Å². The number of aldehydes is 1. The molecule has 0 heterocycles. The number of carbonyl (C=O) groups is 1. The third-order valence-corrected chi connectivity index (χ3v) is 4.78. The summed E-state index contributed by atoms with van der Waals surface area (Å²) in [7, 11) is 0. The van der Waals surface area contributed by atoms with Crippen LogP contribution in [0.2, 0.25) is 0 Å². The van der Waals surface area contributed by atoms with Crippen molar-refractivity contribution >= 4 is 35.9 Å². The first-order valence-corrected chi connectivity index (χ1v) is 7.72. The third-order valence-electron chi connectivity index (χ3n) is 2.51. The molecular formula is C16H15NOSe. The van der Waals surface area contributed by atoms with E-state index in [-0.39, 0.29) is 15.0 Å². The molecule has 0 fully saturated rings. The Morgan fingerprint density at radius 3 is 2.47 bits per heavy atom. The molecule has 0 bridgehead atoms. The zero-order chi connectivity index (χ0) is 13.5. The predicted octanol–water partition coefficient (Wildman–Crippen LogP) is 1.86. The van der Waals surface area contributed by atoms with Crippen LogP contribution in [-0.2, 0) is 4.79 Å². The summed E-state index contributed by atoms with van der Waals surface area (Å²) in [5.41, 5.74) is 1.92. The predicted molar refractivity (Wildman–Crippen MR) is 81.3 cm³/mol. The number of benzene rings is 2. The Kier molecular flexibility index (Phi) is 4.96. The Hall–Kier alpha value is -1.83. The zero-order valence-corrected chi connectivity index (χ0v) is 12.4. The monoisotopic (exact) mass is 317 g/mol. The van der Waals surface area contributed by atoms with Gasteiger partial charge in [0, 0.05) is 0 Å². The first-order chi connectivity index (χ1) is 9.29. The number of nitrogens with one attached hydrogen (secondary N) is 1. The van der Waals surface area contributed by atoms with Crippen LogP contribution in [0.4, 0.5) is 5.69 Å². The van der Waals surface area contributed by atoms with Gasteiger partial charge in [0.15, 0.2) is 0 Å². The van der Waals surface area contributed by atoms with E-state index in [0.717, 1.165) is 17.7 Å². The van der Waals surface area contributed by atoms with Crippen LogP contribution in [0.15, 0.2) is 66.4 Å². The number of anilines is 1. The second kappa shape index (κ2) is 6.93. The number of para-hydroxylation sites is 1. The molecule has 0 atom stereocenters. The quantitative estimate of drug-likeness (QED) is 0.518. The molecule has 0 aliphatic heterocycles. The Morgan fingerprint density at radius 2 is 1.74 bits per heavy atom. The summed E-state index contributed by atoms with van der Waals surface area (Å²) >= 11 is 0.256. The molecule has 0 radical (unpaired) electrons. The molecule has 19 heavy (non-hydrogen) atoms. The minimum atomic E-state index is 0.256. The van der Waals surface area contributed by atoms with Gasteiger partial charge in [0.1, 0.15) is 0 Å². The number of allylic oxidation sites excluding steroid dienone is 2. The molecule has 0 saturated carbocycles. The van der Waals surface area contributed by atoms with E-state index in [2.05, 4.69) is 35.6 Å². The van der Waals surface area contributed by atoms with Crippen LogP contribution < -0.4 is 14.2 Å². The first kappa shape index (κ1) is 13.6. The van der Waals surface area contributed by atoms with Gasteiger partial charge >= 0.3 is 119 Å². The normalized spacial score (nSPS) is 11.1. The van der Waals surface area contributed by atoms with Gasteiger partial charge in [-0.1, -0.05) is 0 Å². The van der Waals surface area contributed by atoms with Gasteiger partial charge in [0.25, 0.3) is 0 Å². The summed E-state index contributed by atoms with van der Waals surface area (Å²) in [6.45, 7) is 1.89. The van der Waals surface area contributed by atoms with E-state index >= 15 is 0 Å². The van der Waals surface area contributed by atoms with Crippen molar-refractivity contribution in [2.75, 3.05) is 5.32 Å². The Bertz CT molecular complexity index is 578. The van der Waals surface area contributed by atoms with E-state index in [9.17, 15) is 4.79 Å². The fourth-order valence-electron chi connectivity index (χ4n) is 1.63. The molecule has 0 unspecified atom stereocenters. The molecule has 96 valence electrons. The average molecular weight is 316 g/mol. The van der Waals surface area contributed by atoms with Crippen molar-refractivity contribution in [2.24, 2.45) is 0 Å². The average Bonchev–Trinajstić information content (AvgIpc) is 2.42. The van der Waals surface area contributed by atoms with Crippen LogP contribution >= 0.6 is 0 Å². The van der Waals surface area contributed by atoms with Gasteiger partial charge < -0.3 is 0 Å². The Labute approximate surface area is 119 Å². The Balaban J connectivity index is 2.21. The van der Waals surface area contributed by atoms with Crippen molar-refractivity contribution in [2.45, 2.75) is 6.92 Å². The summed E-state index contributed by atoms with van der Waals surface area (Å²) in [5.74, 6) is 0. The molecule has 0 spiro atoms. The molecule has 3 heteroatoms. The number of hydrogen-bond donors (Lipinski definition) is 1. The molecule has 0 amide bonds. The molecule has 0 aliphatic rings. The van der Waals surface area contributed by atoms with E-state index in [1.54, 1.807) is 0 Å². The molecule has 2 aromatic carbocycles. The van der Waals surface area contributed by atoms with E-state index in [4.69, 9.17) is 0 Å². The van der Waals surface area contributed by atoms with Crippen molar-refractivity contribution < 1.29 is 4.79 Å². The second-order valence-corrected chi connectivity index (χ2v) is 6.36. The van der Waals surface area contributed by atoms with Crippen molar-refractivity contribution in [1.82, 2.24) is 0 Å². The van der Waals surface area contributed by atoms with Crippen LogP contribution in [-0.4, -0.2) is 21.2 Å². The summed E-state index contributed by atoms with van der Waals surface area (Å²) in [6, 6.07) is 18.7. The SMILES string of the molecule is C/C(=C/C=O)Nc1ccccc1[Se]c1ccccc1. The summed E-state index contributed by atoms with van der Waals surface area (Å²) in [5, 5.41) is 3.28. The van der Waals surface area contributed by atoms with Gasteiger partial charge in [-0.25, -0.2) is 0 Å². The van der Waals surface area contributed by atoms with Crippen molar-refractivity contribution in [3.05, 3.63) is 66.4 Å². The van der Waals surface area contributed by atoms with Crippen LogP contribution in [0.1, 0.15) is 6.92 Å². The van der Waals surface area contributed by atoms with Gasteiger partial charge in [0.05, 0.1) is 0 Å². The van der Waals surface area contributed by atoms with Crippen molar-refractivity contribution in [1.29, 1.82) is 0 Å². The second-order valence-electron chi connectivity index (χ2n) is 4.02. The van der Waals surface area contributed by atoms with Crippen LogP contribution in [0.25, 0.3) is 0 Å². The summed E-state index contributed by atoms with van der Waals surface area (Å²) in [4.78, 5) is 10.5. The van der Waals surface area contributed by atoms with Gasteiger partial charge in [-0.2, -0.15) is 0 Å². The van der Waals surface area contributed by atoms with E-state index in [1.165, 1.54) is 15.0 Å². The molecule has 1 N–H and O–H groups in total. The fourth-order valence-corrected chi connectivity index (χ4v) is 3.57. The minimum absolute atomic E-state index is 0.256. The van der Waals surface area contributed by atoms with E-state index in [0.29, 0.717) is 0 Å². The standard InChI is InChI=1S/C16H15NOSe/c1-13(11-12-18)17-15-9-5-6-10-16(15)19-14-7-3-2-4-8-14/h2-12,17H,1H3/b13-11-. The summed E-state index contributed by atoms with van der Waals surface area (Å²) in [6.07, 6.45) is 2.33. The summed E-state index contributed by atoms with van der Waals surface area (Å²) < 4.78 is 2.61. The zero-order valence-electron chi connectivity index (χ0n) is 10.7. The third kappa shape index (κ3) is 4.09. The maximum absolute atomic E-state index is 10.5. The topological polar surface area (TPSA) is 29.1 Å². The Morgan fingerprint density at radius 1 is 1.05 bits per heavy atom. The first-order valence-electron chi connectivity index (χ1n) is 6.00. The van der Waals surface area contributed by atoms with Gasteiger partial charge in [-0.05, 0) is 0 Å². The maximum atomic E-state index is 10.5. The molecule has 2 rings (SSSR count). The van der Waals surface area contributed by atoms with Crippen molar-refractivity contribution in [3.8, 4) is 0 Å². The van der Waals surface area contributed by atoms with Crippen LogP contribution in [0.3, 0.4) is 0 Å². The number of rotatable bonds is 5. The molecule has 2 aromatic rings. The van der Waals surface area contributed by atoms with E-state index < -0.39 is 0 Å². The molecule has 0 aliphatic carbocycles. The fraction of sp³-hybridized carbons (Fsp3) is 0.0625. The molecule has 2 nitrogen and oxygen atoms in total. The van der Waals surface area contributed by atoms with E-state index in [1.807, 2.05) is 31.2 Å². The van der Waals surface area contributed by atoms with Gasteiger partial charge in [-0.3, -0.25) is 0 Å². The number of hydrogen-bond acceptors (Lipinski definition) is 2. The molecule has 0 aromatic heterocycles. The number of carbonyl (C=O) groups excluding carboxylic acids is 1. The van der Waals surface area contributed by atoms with Gasteiger partial charge in [-0.15, -0.1) is 0 Å². The molecular weight excluding hydrogens is 301 g/mol. The van der Waals surface area contributed by atoms with Crippen LogP contribution in [0.5, 0.6) is 0 Å².